The summed E-state index contributed by atoms with van der Waals surface area (Å²) >= 11 is 0. The lowest BCUT2D eigenvalue weighted by molar-refractivity contribution is -0.147. The van der Waals surface area contributed by atoms with Crippen LogP contribution in [0.4, 0.5) is 0 Å². The number of benzene rings is 2. The molecular formula is C26H27NO6. The first kappa shape index (κ1) is 22.6. The summed E-state index contributed by atoms with van der Waals surface area (Å²) < 4.78 is 17.1. The van der Waals surface area contributed by atoms with Gasteiger partial charge in [0.15, 0.2) is 5.76 Å². The second kappa shape index (κ2) is 9.90. The fraction of sp³-hybridized carbons (Fsp3) is 0.346. The maximum Gasteiger partial charge on any atom is 0.311 e. The number of ether oxygens (including phenoxy) is 2. The molecule has 1 heterocycles. The Labute approximate surface area is 192 Å². The number of hydrogen-bond acceptors (Lipinski definition) is 6. The number of esters is 1. The van der Waals surface area contributed by atoms with Gasteiger partial charge in [-0.2, -0.15) is 0 Å². The molecule has 3 aromatic rings. The molecule has 1 aromatic heterocycles. The Hall–Kier alpha value is -3.61. The summed E-state index contributed by atoms with van der Waals surface area (Å²) in [6.07, 6.45) is 1.49. The van der Waals surface area contributed by atoms with Crippen LogP contribution < -0.4 is 4.74 Å². The average molecular weight is 450 g/mol. The van der Waals surface area contributed by atoms with Crippen LogP contribution in [0.25, 0.3) is 11.3 Å². The third-order valence-corrected chi connectivity index (χ3v) is 6.04. The lowest BCUT2D eigenvalue weighted by atomic mass is 10.0. The Kier molecular flexibility index (Phi) is 6.77. The van der Waals surface area contributed by atoms with Crippen LogP contribution in [-0.2, 0) is 20.7 Å². The smallest absolute Gasteiger partial charge is 0.311 e. The molecule has 0 bridgehead atoms. The zero-order valence-electron chi connectivity index (χ0n) is 18.7. The molecule has 1 saturated carbocycles. The van der Waals surface area contributed by atoms with E-state index in [9.17, 15) is 9.59 Å². The fourth-order valence-electron chi connectivity index (χ4n) is 4.15. The number of hydrogen-bond donors (Lipinski definition) is 1. The molecule has 4 rings (SSSR count). The third kappa shape index (κ3) is 5.42. The summed E-state index contributed by atoms with van der Waals surface area (Å²) in [6, 6.07) is 16.9. The molecule has 1 N–H and O–H groups in total. The van der Waals surface area contributed by atoms with E-state index in [0.29, 0.717) is 35.6 Å². The Morgan fingerprint density at radius 1 is 1.12 bits per heavy atom. The molecule has 0 radical (unpaired) electrons. The molecule has 1 aliphatic rings. The van der Waals surface area contributed by atoms with E-state index in [1.54, 1.807) is 6.92 Å². The molecule has 7 heteroatoms. The first-order valence-corrected chi connectivity index (χ1v) is 11.1. The Bertz CT molecular complexity index is 1110. The largest absolute Gasteiger partial charge is 0.490 e. The highest BCUT2D eigenvalue weighted by atomic mass is 16.5. The summed E-state index contributed by atoms with van der Waals surface area (Å²) in [7, 11) is 0. The van der Waals surface area contributed by atoms with Crippen LogP contribution in [-0.4, -0.2) is 28.3 Å². The quantitative estimate of drug-likeness (QED) is 0.476. The molecule has 7 nitrogen and oxygen atoms in total. The van der Waals surface area contributed by atoms with Gasteiger partial charge in [0, 0.05) is 11.1 Å². The van der Waals surface area contributed by atoms with Gasteiger partial charge in [-0.05, 0) is 62.9 Å². The number of aryl methyl sites for hydroxylation is 1. The zero-order valence-corrected chi connectivity index (χ0v) is 18.7. The van der Waals surface area contributed by atoms with Crippen molar-refractivity contribution in [1.29, 1.82) is 0 Å². The number of carbonyl (C=O) groups is 2. The molecule has 1 aliphatic carbocycles. The van der Waals surface area contributed by atoms with E-state index in [1.807, 2.05) is 61.5 Å². The highest BCUT2D eigenvalue weighted by molar-refractivity contribution is 5.77. The first-order chi connectivity index (χ1) is 15.9. The molecule has 0 aliphatic heterocycles. The van der Waals surface area contributed by atoms with Crippen molar-refractivity contribution in [3.63, 3.8) is 0 Å². The van der Waals surface area contributed by atoms with Crippen molar-refractivity contribution in [1.82, 2.24) is 5.16 Å². The number of rotatable bonds is 8. The summed E-state index contributed by atoms with van der Waals surface area (Å²) in [5.41, 5.74) is 3.03. The summed E-state index contributed by atoms with van der Waals surface area (Å²) in [6.45, 7) is 3.64. The van der Waals surface area contributed by atoms with Crippen LogP contribution in [0.2, 0.25) is 0 Å². The average Bonchev–Trinajstić information content (AvgIpc) is 3.42. The van der Waals surface area contributed by atoms with Gasteiger partial charge in [0.2, 0.25) is 0 Å². The first-order valence-electron chi connectivity index (χ1n) is 11.1. The standard InChI is InChI=1S/C26H27NO6/c1-16-23(15-24(28)31-17(2)18-6-4-3-5-7-18)25(33-27-16)19-8-11-21(12-9-19)32-22-13-10-20(14-22)26(29)30/h3-9,11-12,17,20,22H,10,13-15H2,1-2H3,(H,29,30)/t17-,20+,22+/m1/s1. The lowest BCUT2D eigenvalue weighted by Crippen LogP contribution is -2.15. The third-order valence-electron chi connectivity index (χ3n) is 6.04. The normalized spacial score (nSPS) is 18.6. The van der Waals surface area contributed by atoms with Crippen LogP contribution in [0.5, 0.6) is 5.75 Å². The van der Waals surface area contributed by atoms with Gasteiger partial charge in [-0.3, -0.25) is 9.59 Å². The topological polar surface area (TPSA) is 98.9 Å². The molecule has 0 spiro atoms. The van der Waals surface area contributed by atoms with E-state index in [4.69, 9.17) is 19.1 Å². The summed E-state index contributed by atoms with van der Waals surface area (Å²) in [4.78, 5) is 23.7. The van der Waals surface area contributed by atoms with Crippen molar-refractivity contribution >= 4 is 11.9 Å². The molecular weight excluding hydrogens is 422 g/mol. The second-order valence-electron chi connectivity index (χ2n) is 8.41. The maximum atomic E-state index is 12.6. The molecule has 33 heavy (non-hydrogen) atoms. The number of aliphatic carboxylic acids is 1. The van der Waals surface area contributed by atoms with Gasteiger partial charge in [-0.25, -0.2) is 0 Å². The second-order valence-corrected chi connectivity index (χ2v) is 8.41. The molecule has 3 atom stereocenters. The molecule has 0 amide bonds. The summed E-state index contributed by atoms with van der Waals surface area (Å²) in [5, 5.41) is 13.2. The van der Waals surface area contributed by atoms with Gasteiger partial charge < -0.3 is 19.1 Å². The van der Waals surface area contributed by atoms with Crippen molar-refractivity contribution in [3.8, 4) is 17.1 Å². The van der Waals surface area contributed by atoms with Crippen LogP contribution >= 0.6 is 0 Å². The Morgan fingerprint density at radius 2 is 1.85 bits per heavy atom. The molecule has 2 aromatic carbocycles. The minimum atomic E-state index is -0.763. The van der Waals surface area contributed by atoms with Gasteiger partial charge in [-0.15, -0.1) is 0 Å². The minimum absolute atomic E-state index is 0.0543. The van der Waals surface area contributed by atoms with Gasteiger partial charge in [0.05, 0.1) is 24.1 Å². The van der Waals surface area contributed by atoms with Gasteiger partial charge >= 0.3 is 11.9 Å². The number of aromatic nitrogens is 1. The van der Waals surface area contributed by atoms with Gasteiger partial charge in [0.25, 0.3) is 0 Å². The Morgan fingerprint density at radius 3 is 2.52 bits per heavy atom. The van der Waals surface area contributed by atoms with Crippen molar-refractivity contribution in [3.05, 3.63) is 71.4 Å². The van der Waals surface area contributed by atoms with Crippen molar-refractivity contribution < 1.29 is 28.7 Å². The van der Waals surface area contributed by atoms with E-state index in [1.165, 1.54) is 0 Å². The predicted molar refractivity (Wildman–Crippen MR) is 121 cm³/mol. The maximum absolute atomic E-state index is 12.6. The van der Waals surface area contributed by atoms with Crippen LogP contribution in [0.15, 0.2) is 59.1 Å². The molecule has 172 valence electrons. The molecule has 1 fully saturated rings. The van der Waals surface area contributed by atoms with Crippen LogP contribution in [0.3, 0.4) is 0 Å². The number of carboxylic acid groups (broad SMARTS) is 1. The van der Waals surface area contributed by atoms with Crippen molar-refractivity contribution in [2.45, 2.75) is 51.7 Å². The SMILES string of the molecule is Cc1noc(-c2ccc(O[C@H]3CC[C@H](C(=O)O)C3)cc2)c1CC(=O)O[C@H](C)c1ccccc1. The minimum Gasteiger partial charge on any atom is -0.490 e. The highest BCUT2D eigenvalue weighted by Crippen LogP contribution is 2.32. The Balaban J connectivity index is 1.41. The number of carbonyl (C=O) groups excluding carboxylic acids is 1. The fourth-order valence-corrected chi connectivity index (χ4v) is 4.15. The van der Waals surface area contributed by atoms with E-state index < -0.39 is 5.97 Å². The van der Waals surface area contributed by atoms with Crippen LogP contribution in [0.1, 0.15) is 49.1 Å². The van der Waals surface area contributed by atoms with Crippen molar-refractivity contribution in [2.24, 2.45) is 5.92 Å². The van der Waals surface area contributed by atoms with E-state index in [0.717, 1.165) is 17.5 Å². The summed E-state index contributed by atoms with van der Waals surface area (Å²) in [5.74, 6) is -0.258. The number of nitrogens with zero attached hydrogens (tertiary/aromatic N) is 1. The molecule has 0 unspecified atom stereocenters. The highest BCUT2D eigenvalue weighted by Gasteiger charge is 2.31. The number of carboxylic acids is 1. The van der Waals surface area contributed by atoms with Gasteiger partial charge in [-0.1, -0.05) is 35.5 Å². The predicted octanol–water partition coefficient (Wildman–Crippen LogP) is 5.13. The monoisotopic (exact) mass is 449 g/mol. The van der Waals surface area contributed by atoms with Gasteiger partial charge in [0.1, 0.15) is 11.9 Å². The van der Waals surface area contributed by atoms with E-state index >= 15 is 0 Å². The van der Waals surface area contributed by atoms with E-state index in [2.05, 4.69) is 5.16 Å². The molecule has 0 saturated heterocycles. The van der Waals surface area contributed by atoms with Crippen molar-refractivity contribution in [2.75, 3.05) is 0 Å². The zero-order chi connectivity index (χ0) is 23.4. The lowest BCUT2D eigenvalue weighted by Gasteiger charge is -2.14. The van der Waals surface area contributed by atoms with E-state index in [-0.39, 0.29) is 30.5 Å². The van der Waals surface area contributed by atoms with Crippen LogP contribution in [0, 0.1) is 12.8 Å².